The molecule has 0 bridgehead atoms. The lowest BCUT2D eigenvalue weighted by Crippen LogP contribution is -1.99. The summed E-state index contributed by atoms with van der Waals surface area (Å²) >= 11 is 3.40. The summed E-state index contributed by atoms with van der Waals surface area (Å²) in [5, 5.41) is 0. The van der Waals surface area contributed by atoms with Crippen LogP contribution in [0.5, 0.6) is 0 Å². The molecule has 0 aliphatic rings. The van der Waals surface area contributed by atoms with E-state index in [-0.39, 0.29) is 0 Å². The Labute approximate surface area is 90.9 Å². The molecule has 14 heavy (non-hydrogen) atoms. The highest BCUT2D eigenvalue weighted by molar-refractivity contribution is 9.10. The van der Waals surface area contributed by atoms with Crippen LogP contribution < -0.4 is 0 Å². The molecular weight excluding hydrogens is 242 g/mol. The van der Waals surface area contributed by atoms with Crippen LogP contribution in [0, 0.1) is 0 Å². The number of rotatable bonds is 2. The second-order valence-corrected chi connectivity index (χ2v) is 3.84. The smallest absolute Gasteiger partial charge is 0.112 e. The molecule has 0 aliphatic carbocycles. The van der Waals surface area contributed by atoms with E-state index in [0.717, 1.165) is 22.4 Å². The molecule has 2 aromatic rings. The maximum atomic E-state index is 4.26. The molecule has 0 saturated heterocycles. The van der Waals surface area contributed by atoms with Gasteiger partial charge in [0.15, 0.2) is 0 Å². The van der Waals surface area contributed by atoms with E-state index in [1.54, 1.807) is 12.4 Å². The first-order valence-corrected chi connectivity index (χ1v) is 5.23. The van der Waals surface area contributed by atoms with Crippen LogP contribution in [0.4, 0.5) is 0 Å². The number of aromatic nitrogens is 3. The van der Waals surface area contributed by atoms with E-state index in [1.807, 2.05) is 23.0 Å². The van der Waals surface area contributed by atoms with Crippen molar-refractivity contribution >= 4 is 15.9 Å². The summed E-state index contributed by atoms with van der Waals surface area (Å²) in [4.78, 5) is 8.38. The van der Waals surface area contributed by atoms with E-state index < -0.39 is 0 Å². The van der Waals surface area contributed by atoms with Crippen LogP contribution in [-0.2, 0) is 6.42 Å². The first-order valence-electron chi connectivity index (χ1n) is 4.44. The Kier molecular flexibility index (Phi) is 2.63. The van der Waals surface area contributed by atoms with Crippen LogP contribution in [0.2, 0.25) is 0 Å². The summed E-state index contributed by atoms with van der Waals surface area (Å²) in [6, 6.07) is 2.02. The number of halogens is 1. The third-order valence-corrected chi connectivity index (χ3v) is 2.44. The first-order chi connectivity index (χ1) is 6.81. The van der Waals surface area contributed by atoms with Crippen molar-refractivity contribution in [2.24, 2.45) is 0 Å². The quantitative estimate of drug-likeness (QED) is 0.822. The molecule has 4 heteroatoms. The highest BCUT2D eigenvalue weighted by atomic mass is 79.9. The second kappa shape index (κ2) is 3.92. The monoisotopic (exact) mass is 251 g/mol. The van der Waals surface area contributed by atoms with Crippen LogP contribution in [0.25, 0.3) is 5.69 Å². The zero-order chi connectivity index (χ0) is 9.97. The van der Waals surface area contributed by atoms with Crippen LogP contribution in [0.3, 0.4) is 0 Å². The van der Waals surface area contributed by atoms with Crippen molar-refractivity contribution in [3.8, 4) is 5.69 Å². The van der Waals surface area contributed by atoms with Crippen LogP contribution in [0.15, 0.2) is 35.3 Å². The molecule has 0 aliphatic heterocycles. The van der Waals surface area contributed by atoms with Crippen molar-refractivity contribution in [2.75, 3.05) is 0 Å². The van der Waals surface area contributed by atoms with Crippen molar-refractivity contribution < 1.29 is 0 Å². The number of imidazole rings is 1. The van der Waals surface area contributed by atoms with Gasteiger partial charge in [-0.2, -0.15) is 0 Å². The summed E-state index contributed by atoms with van der Waals surface area (Å²) in [6.45, 7) is 2.09. The summed E-state index contributed by atoms with van der Waals surface area (Å²) < 4.78 is 3.02. The van der Waals surface area contributed by atoms with Crippen molar-refractivity contribution in [2.45, 2.75) is 13.3 Å². The van der Waals surface area contributed by atoms with Gasteiger partial charge < -0.3 is 4.57 Å². The fraction of sp³-hybridized carbons (Fsp3) is 0.200. The van der Waals surface area contributed by atoms with Crippen molar-refractivity contribution in [3.63, 3.8) is 0 Å². The first kappa shape index (κ1) is 9.40. The van der Waals surface area contributed by atoms with Gasteiger partial charge in [-0.15, -0.1) is 0 Å². The minimum absolute atomic E-state index is 0.916. The standard InChI is InChI=1S/C10H10BrN3/c1-2-10-13-3-4-14(10)9-5-8(11)6-12-7-9/h3-7H,2H2,1H3. The Morgan fingerprint density at radius 3 is 3.00 bits per heavy atom. The zero-order valence-electron chi connectivity index (χ0n) is 7.81. The third kappa shape index (κ3) is 1.70. The zero-order valence-corrected chi connectivity index (χ0v) is 9.40. The Morgan fingerprint density at radius 1 is 1.43 bits per heavy atom. The SMILES string of the molecule is CCc1nccn1-c1cncc(Br)c1. The average molecular weight is 252 g/mol. The van der Waals surface area contributed by atoms with Gasteiger partial charge in [0.05, 0.1) is 11.9 Å². The molecule has 3 nitrogen and oxygen atoms in total. The predicted molar refractivity (Wildman–Crippen MR) is 58.4 cm³/mol. The molecule has 2 rings (SSSR count). The van der Waals surface area contributed by atoms with E-state index in [0.29, 0.717) is 0 Å². The van der Waals surface area contributed by atoms with Gasteiger partial charge in [-0.1, -0.05) is 6.92 Å². The third-order valence-electron chi connectivity index (χ3n) is 2.00. The van der Waals surface area contributed by atoms with Crippen LogP contribution in [-0.4, -0.2) is 14.5 Å². The molecule has 72 valence electrons. The Balaban J connectivity index is 2.49. The summed E-state index contributed by atoms with van der Waals surface area (Å²) in [5.74, 6) is 1.05. The van der Waals surface area contributed by atoms with Crippen molar-refractivity contribution in [3.05, 3.63) is 41.2 Å². The van der Waals surface area contributed by atoms with Crippen molar-refractivity contribution in [1.82, 2.24) is 14.5 Å². The van der Waals surface area contributed by atoms with E-state index in [4.69, 9.17) is 0 Å². The molecule has 2 heterocycles. The van der Waals surface area contributed by atoms with Gasteiger partial charge in [-0.25, -0.2) is 4.98 Å². The number of hydrogen-bond acceptors (Lipinski definition) is 2. The molecule has 0 spiro atoms. The van der Waals surface area contributed by atoms with Crippen LogP contribution in [0.1, 0.15) is 12.7 Å². The number of aryl methyl sites for hydroxylation is 1. The molecule has 0 N–H and O–H groups in total. The van der Waals surface area contributed by atoms with E-state index >= 15 is 0 Å². The molecule has 0 fully saturated rings. The lowest BCUT2D eigenvalue weighted by atomic mass is 10.4. The molecule has 0 aromatic carbocycles. The number of nitrogens with zero attached hydrogens (tertiary/aromatic N) is 3. The molecule has 0 atom stereocenters. The fourth-order valence-corrected chi connectivity index (χ4v) is 1.72. The Bertz CT molecular complexity index is 436. The maximum Gasteiger partial charge on any atom is 0.112 e. The van der Waals surface area contributed by atoms with Gasteiger partial charge in [0.25, 0.3) is 0 Å². The van der Waals surface area contributed by atoms with Gasteiger partial charge in [0.1, 0.15) is 5.82 Å². The van der Waals surface area contributed by atoms with Crippen molar-refractivity contribution in [1.29, 1.82) is 0 Å². The molecule has 0 radical (unpaired) electrons. The van der Waals surface area contributed by atoms with E-state index in [2.05, 4.69) is 32.8 Å². The summed E-state index contributed by atoms with van der Waals surface area (Å²) in [5.41, 5.74) is 1.04. The van der Waals surface area contributed by atoms with Gasteiger partial charge in [-0.05, 0) is 22.0 Å². The highest BCUT2D eigenvalue weighted by Gasteiger charge is 2.02. The van der Waals surface area contributed by atoms with Crippen LogP contribution >= 0.6 is 15.9 Å². The Morgan fingerprint density at radius 2 is 2.29 bits per heavy atom. The Hall–Kier alpha value is -1.16. The second-order valence-electron chi connectivity index (χ2n) is 2.93. The lowest BCUT2D eigenvalue weighted by Gasteiger charge is -2.05. The molecule has 0 saturated carbocycles. The van der Waals surface area contributed by atoms with E-state index in [1.165, 1.54) is 0 Å². The minimum atomic E-state index is 0.916. The highest BCUT2D eigenvalue weighted by Crippen LogP contribution is 2.15. The van der Waals surface area contributed by atoms with Gasteiger partial charge in [0, 0.05) is 29.5 Å². The topological polar surface area (TPSA) is 30.7 Å². The predicted octanol–water partition coefficient (Wildman–Crippen LogP) is 2.59. The maximum absolute atomic E-state index is 4.26. The largest absolute Gasteiger partial charge is 0.302 e. The summed E-state index contributed by atoms with van der Waals surface area (Å²) in [7, 11) is 0. The molecular formula is C10H10BrN3. The van der Waals surface area contributed by atoms with Gasteiger partial charge in [0.2, 0.25) is 0 Å². The molecule has 0 unspecified atom stereocenters. The van der Waals surface area contributed by atoms with Gasteiger partial charge in [-0.3, -0.25) is 4.98 Å². The number of hydrogen-bond donors (Lipinski definition) is 0. The lowest BCUT2D eigenvalue weighted by molar-refractivity contribution is 0.886. The average Bonchev–Trinajstić information content (AvgIpc) is 2.65. The fourth-order valence-electron chi connectivity index (χ4n) is 1.36. The molecule has 0 amide bonds. The van der Waals surface area contributed by atoms with E-state index in [9.17, 15) is 0 Å². The normalized spacial score (nSPS) is 10.4. The van der Waals surface area contributed by atoms with Gasteiger partial charge >= 0.3 is 0 Å². The number of pyridine rings is 1. The minimum Gasteiger partial charge on any atom is -0.302 e. The molecule has 2 aromatic heterocycles. The summed E-state index contributed by atoms with van der Waals surface area (Å²) in [6.07, 6.45) is 8.26.